The zero-order chi connectivity index (χ0) is 18.0. The lowest BCUT2D eigenvalue weighted by Crippen LogP contribution is -2.55. The average molecular weight is 339 g/mol. The van der Waals surface area contributed by atoms with E-state index in [1.807, 2.05) is 42.5 Å². The molecule has 0 bridgehead atoms. The summed E-state index contributed by atoms with van der Waals surface area (Å²) in [4.78, 5) is 16.8. The predicted octanol–water partition coefficient (Wildman–Crippen LogP) is 3.26. The molecule has 1 unspecified atom stereocenters. The third-order valence-electron chi connectivity index (χ3n) is 4.47. The molecule has 1 heterocycles. The van der Waals surface area contributed by atoms with Gasteiger partial charge in [0.25, 0.3) is 0 Å². The molecule has 0 saturated carbocycles. The number of pyridine rings is 1. The summed E-state index contributed by atoms with van der Waals surface area (Å²) in [6, 6.07) is 14.0. The van der Waals surface area contributed by atoms with Crippen molar-refractivity contribution in [1.82, 2.24) is 10.3 Å². The molecule has 2 aromatic rings. The number of hydrogen-bond donors (Lipinski definition) is 2. The second-order valence-electron chi connectivity index (χ2n) is 6.64. The molecule has 0 radical (unpaired) electrons. The topological polar surface area (TPSA) is 68.0 Å². The van der Waals surface area contributed by atoms with Crippen LogP contribution in [0.2, 0.25) is 0 Å². The predicted molar refractivity (Wildman–Crippen MR) is 102 cm³/mol. The molecule has 1 aromatic heterocycles. The number of aryl methyl sites for hydroxylation is 1. The number of nitrogens with two attached hydrogens (primary N) is 1. The van der Waals surface area contributed by atoms with Crippen LogP contribution in [0, 0.1) is 0 Å². The molecule has 1 aromatic carbocycles. The van der Waals surface area contributed by atoms with Gasteiger partial charge in [-0.25, -0.2) is 0 Å². The van der Waals surface area contributed by atoms with Crippen LogP contribution in [0.4, 0.5) is 0 Å². The Morgan fingerprint density at radius 2 is 1.80 bits per heavy atom. The van der Waals surface area contributed by atoms with Crippen LogP contribution < -0.4 is 11.1 Å². The molecule has 0 aliphatic rings. The number of benzene rings is 1. The second kappa shape index (κ2) is 9.94. The van der Waals surface area contributed by atoms with Crippen molar-refractivity contribution >= 4 is 5.91 Å². The first-order chi connectivity index (χ1) is 12.1. The van der Waals surface area contributed by atoms with E-state index < -0.39 is 5.54 Å². The maximum absolute atomic E-state index is 12.7. The summed E-state index contributed by atoms with van der Waals surface area (Å²) in [7, 11) is 0. The number of rotatable bonds is 10. The highest BCUT2D eigenvalue weighted by molar-refractivity contribution is 5.86. The number of carbonyl (C=O) groups is 1. The fourth-order valence-corrected chi connectivity index (χ4v) is 2.95. The first kappa shape index (κ1) is 19.1. The Hall–Kier alpha value is -2.20. The fraction of sp³-hybridized carbons (Fsp3) is 0.429. The molecule has 25 heavy (non-hydrogen) atoms. The Morgan fingerprint density at radius 1 is 1.08 bits per heavy atom. The largest absolute Gasteiger partial charge is 0.354 e. The number of aromatic nitrogens is 1. The number of hydrogen-bond acceptors (Lipinski definition) is 3. The van der Waals surface area contributed by atoms with E-state index in [1.54, 1.807) is 12.4 Å². The van der Waals surface area contributed by atoms with Crippen LogP contribution in [0.1, 0.15) is 43.7 Å². The molecule has 1 amide bonds. The zero-order valence-corrected chi connectivity index (χ0v) is 15.1. The molecule has 0 aliphatic carbocycles. The van der Waals surface area contributed by atoms with Gasteiger partial charge >= 0.3 is 0 Å². The molecule has 0 spiro atoms. The van der Waals surface area contributed by atoms with Crippen LogP contribution in [0.5, 0.6) is 0 Å². The maximum atomic E-state index is 12.7. The molecule has 0 saturated heterocycles. The average Bonchev–Trinajstić information content (AvgIpc) is 2.65. The van der Waals surface area contributed by atoms with E-state index in [9.17, 15) is 4.79 Å². The van der Waals surface area contributed by atoms with Crippen LogP contribution in [0.15, 0.2) is 54.9 Å². The normalized spacial score (nSPS) is 13.2. The minimum absolute atomic E-state index is 0.0421. The van der Waals surface area contributed by atoms with Gasteiger partial charge in [0.15, 0.2) is 0 Å². The molecule has 2 rings (SSSR count). The summed E-state index contributed by atoms with van der Waals surface area (Å²) in [6.45, 7) is 2.76. The molecule has 4 nitrogen and oxygen atoms in total. The van der Waals surface area contributed by atoms with E-state index in [1.165, 1.54) is 5.56 Å². The first-order valence-corrected chi connectivity index (χ1v) is 9.14. The molecule has 3 N–H and O–H groups in total. The van der Waals surface area contributed by atoms with Crippen LogP contribution in [0.3, 0.4) is 0 Å². The lowest BCUT2D eigenvalue weighted by Gasteiger charge is -2.28. The second-order valence-corrected chi connectivity index (χ2v) is 6.64. The SMILES string of the molecule is CCCCC(N)(Cc1ccccc1)C(=O)NCCCc1ccncc1. The van der Waals surface area contributed by atoms with Gasteiger partial charge in [0, 0.05) is 18.9 Å². The molecular formula is C21H29N3O. The minimum Gasteiger partial charge on any atom is -0.354 e. The zero-order valence-electron chi connectivity index (χ0n) is 15.1. The van der Waals surface area contributed by atoms with Gasteiger partial charge in [0.2, 0.25) is 5.91 Å². The number of carbonyl (C=O) groups excluding carboxylic acids is 1. The number of nitrogens with zero attached hydrogens (tertiary/aromatic N) is 1. The lowest BCUT2D eigenvalue weighted by molar-refractivity contribution is -0.126. The van der Waals surface area contributed by atoms with Crippen LogP contribution in [0.25, 0.3) is 0 Å². The van der Waals surface area contributed by atoms with Gasteiger partial charge in [0.05, 0.1) is 5.54 Å². The van der Waals surface area contributed by atoms with Crippen molar-refractivity contribution in [3.63, 3.8) is 0 Å². The summed E-state index contributed by atoms with van der Waals surface area (Å²) < 4.78 is 0. The van der Waals surface area contributed by atoms with Gasteiger partial charge in [-0.15, -0.1) is 0 Å². The van der Waals surface area contributed by atoms with E-state index in [4.69, 9.17) is 5.73 Å². The van der Waals surface area contributed by atoms with Crippen LogP contribution in [-0.4, -0.2) is 23.0 Å². The fourth-order valence-electron chi connectivity index (χ4n) is 2.95. The summed E-state index contributed by atoms with van der Waals surface area (Å²) in [5, 5.41) is 3.04. The van der Waals surface area contributed by atoms with E-state index >= 15 is 0 Å². The minimum atomic E-state index is -0.839. The van der Waals surface area contributed by atoms with Gasteiger partial charge < -0.3 is 11.1 Å². The standard InChI is InChI=1S/C21H29N3O/c1-2-3-13-21(22,17-19-8-5-4-6-9-19)20(25)24-14-7-10-18-11-15-23-16-12-18/h4-6,8-9,11-12,15-16H,2-3,7,10,13-14,17,22H2,1H3,(H,24,25). The summed E-state index contributed by atoms with van der Waals surface area (Å²) in [5.41, 5.74) is 8.03. The summed E-state index contributed by atoms with van der Waals surface area (Å²) >= 11 is 0. The summed E-state index contributed by atoms with van der Waals surface area (Å²) in [5.74, 6) is -0.0421. The van der Waals surface area contributed by atoms with Crippen molar-refractivity contribution in [3.8, 4) is 0 Å². The molecule has 0 fully saturated rings. The van der Waals surface area contributed by atoms with E-state index in [-0.39, 0.29) is 5.91 Å². The lowest BCUT2D eigenvalue weighted by atomic mass is 9.86. The molecule has 4 heteroatoms. The summed E-state index contributed by atoms with van der Waals surface area (Å²) in [6.07, 6.45) is 8.67. The first-order valence-electron chi connectivity index (χ1n) is 9.14. The number of nitrogens with one attached hydrogen (secondary N) is 1. The molecule has 134 valence electrons. The Labute approximate surface area is 150 Å². The molecule has 1 atom stereocenters. The van der Waals surface area contributed by atoms with Gasteiger partial charge in [-0.2, -0.15) is 0 Å². The van der Waals surface area contributed by atoms with Crippen molar-refractivity contribution in [2.75, 3.05) is 6.54 Å². The van der Waals surface area contributed by atoms with E-state index in [0.717, 1.165) is 31.2 Å². The van der Waals surface area contributed by atoms with Crippen molar-refractivity contribution in [3.05, 3.63) is 66.0 Å². The Morgan fingerprint density at radius 3 is 2.48 bits per heavy atom. The maximum Gasteiger partial charge on any atom is 0.240 e. The van der Waals surface area contributed by atoms with Crippen molar-refractivity contribution in [2.45, 2.75) is 51.0 Å². The molecular weight excluding hydrogens is 310 g/mol. The highest BCUT2D eigenvalue weighted by atomic mass is 16.2. The Balaban J connectivity index is 1.88. The molecule has 0 aliphatic heterocycles. The van der Waals surface area contributed by atoms with Crippen molar-refractivity contribution in [2.24, 2.45) is 5.73 Å². The quantitative estimate of drug-likeness (QED) is 0.653. The van der Waals surface area contributed by atoms with Gasteiger partial charge in [-0.3, -0.25) is 9.78 Å². The Kier molecular flexibility index (Phi) is 7.61. The highest BCUT2D eigenvalue weighted by Crippen LogP contribution is 2.18. The smallest absolute Gasteiger partial charge is 0.240 e. The Bertz CT molecular complexity index is 630. The van der Waals surface area contributed by atoms with Crippen LogP contribution in [-0.2, 0) is 17.6 Å². The number of amides is 1. The highest BCUT2D eigenvalue weighted by Gasteiger charge is 2.33. The third kappa shape index (κ3) is 6.31. The van der Waals surface area contributed by atoms with Gasteiger partial charge in [0.1, 0.15) is 0 Å². The van der Waals surface area contributed by atoms with Crippen molar-refractivity contribution < 1.29 is 4.79 Å². The van der Waals surface area contributed by atoms with Crippen LogP contribution >= 0.6 is 0 Å². The van der Waals surface area contributed by atoms with Gasteiger partial charge in [-0.1, -0.05) is 50.1 Å². The van der Waals surface area contributed by atoms with E-state index in [2.05, 4.69) is 17.2 Å². The third-order valence-corrected chi connectivity index (χ3v) is 4.47. The number of unbranched alkanes of at least 4 members (excludes halogenated alkanes) is 1. The van der Waals surface area contributed by atoms with Crippen molar-refractivity contribution in [1.29, 1.82) is 0 Å². The van der Waals surface area contributed by atoms with E-state index in [0.29, 0.717) is 19.4 Å². The van der Waals surface area contributed by atoms with Gasteiger partial charge in [-0.05, 0) is 48.9 Å². The monoisotopic (exact) mass is 339 g/mol.